The molecule has 0 unspecified atom stereocenters. The van der Waals surface area contributed by atoms with Crippen molar-refractivity contribution in [3.05, 3.63) is 34.9 Å². The fourth-order valence-electron chi connectivity index (χ4n) is 0.541. The molecule has 1 rings (SSSR count). The molecule has 0 saturated heterocycles. The van der Waals surface area contributed by atoms with Gasteiger partial charge in [0.15, 0.2) is 0 Å². The zero-order valence-electron chi connectivity index (χ0n) is 6.67. The van der Waals surface area contributed by atoms with Gasteiger partial charge < -0.3 is 0 Å². The van der Waals surface area contributed by atoms with E-state index in [1.807, 2.05) is 13.8 Å². The molecule has 0 bridgehead atoms. The van der Waals surface area contributed by atoms with Crippen LogP contribution >= 0.6 is 11.6 Å². The van der Waals surface area contributed by atoms with Crippen molar-refractivity contribution in [2.75, 3.05) is 0 Å². The van der Waals surface area contributed by atoms with E-state index in [-0.39, 0.29) is 0 Å². The van der Waals surface area contributed by atoms with Crippen molar-refractivity contribution >= 4 is 17.9 Å². The molecule has 1 aromatic rings. The fourth-order valence-corrected chi connectivity index (χ4v) is 0.667. The van der Waals surface area contributed by atoms with Crippen molar-refractivity contribution in [3.8, 4) is 0 Å². The van der Waals surface area contributed by atoms with Gasteiger partial charge >= 0.3 is 0 Å². The monoisotopic (exact) mass is 170 g/mol. The Morgan fingerprint density at radius 1 is 1.18 bits per heavy atom. The van der Waals surface area contributed by atoms with Gasteiger partial charge in [0.25, 0.3) is 0 Å². The van der Waals surface area contributed by atoms with Crippen molar-refractivity contribution in [3.63, 3.8) is 0 Å². The van der Waals surface area contributed by atoms with Crippen LogP contribution in [0.1, 0.15) is 24.2 Å². The van der Waals surface area contributed by atoms with Crippen LogP contribution in [-0.4, -0.2) is 6.29 Å². The molecule has 0 radical (unpaired) electrons. The SMILES string of the molecule is CC.O=Cc1ccc(Cl)cc1. The molecule has 0 aliphatic heterocycles. The van der Waals surface area contributed by atoms with Gasteiger partial charge in [0, 0.05) is 10.6 Å². The van der Waals surface area contributed by atoms with Gasteiger partial charge in [0.05, 0.1) is 0 Å². The number of carbonyl (C=O) groups excluding carboxylic acids is 1. The molecule has 2 heteroatoms. The molecule has 0 aromatic heterocycles. The summed E-state index contributed by atoms with van der Waals surface area (Å²) in [6.45, 7) is 4.00. The fraction of sp³-hybridized carbons (Fsp3) is 0.222. The first kappa shape index (κ1) is 10.2. The Labute approximate surface area is 72.0 Å². The van der Waals surface area contributed by atoms with Crippen LogP contribution in [0.4, 0.5) is 0 Å². The summed E-state index contributed by atoms with van der Waals surface area (Å²) in [5.41, 5.74) is 0.652. The molecule has 0 N–H and O–H groups in total. The van der Waals surface area contributed by atoms with Crippen LogP contribution < -0.4 is 0 Å². The number of carbonyl (C=O) groups is 1. The average molecular weight is 171 g/mol. The molecule has 60 valence electrons. The molecule has 1 nitrogen and oxygen atoms in total. The van der Waals surface area contributed by atoms with E-state index in [9.17, 15) is 4.79 Å². The molecule has 0 saturated carbocycles. The minimum atomic E-state index is 0.652. The van der Waals surface area contributed by atoms with E-state index in [0.29, 0.717) is 10.6 Å². The van der Waals surface area contributed by atoms with Gasteiger partial charge in [-0.1, -0.05) is 37.6 Å². The van der Waals surface area contributed by atoms with E-state index >= 15 is 0 Å². The van der Waals surface area contributed by atoms with E-state index < -0.39 is 0 Å². The minimum Gasteiger partial charge on any atom is -0.298 e. The molecule has 0 heterocycles. The lowest BCUT2D eigenvalue weighted by Gasteiger charge is -1.87. The highest BCUT2D eigenvalue weighted by molar-refractivity contribution is 6.30. The highest BCUT2D eigenvalue weighted by Crippen LogP contribution is 2.07. The van der Waals surface area contributed by atoms with Gasteiger partial charge in [-0.2, -0.15) is 0 Å². The van der Waals surface area contributed by atoms with Crippen LogP contribution in [0.3, 0.4) is 0 Å². The van der Waals surface area contributed by atoms with E-state index in [4.69, 9.17) is 11.6 Å². The standard InChI is InChI=1S/C7H5ClO.C2H6/c8-7-3-1-6(5-9)2-4-7;1-2/h1-5H;1-2H3. The molecule has 0 spiro atoms. The lowest BCUT2D eigenvalue weighted by molar-refractivity contribution is 0.112. The first-order valence-electron chi connectivity index (χ1n) is 3.53. The Morgan fingerprint density at radius 2 is 1.64 bits per heavy atom. The van der Waals surface area contributed by atoms with E-state index in [2.05, 4.69) is 0 Å². The summed E-state index contributed by atoms with van der Waals surface area (Å²) in [6.07, 6.45) is 0.788. The minimum absolute atomic E-state index is 0.652. The van der Waals surface area contributed by atoms with Crippen LogP contribution in [-0.2, 0) is 0 Å². The number of aldehydes is 1. The Balaban J connectivity index is 0.000000461. The first-order chi connectivity index (χ1) is 5.33. The van der Waals surface area contributed by atoms with E-state index in [0.717, 1.165) is 6.29 Å². The van der Waals surface area contributed by atoms with Crippen molar-refractivity contribution in [1.82, 2.24) is 0 Å². The third-order valence-corrected chi connectivity index (χ3v) is 1.26. The van der Waals surface area contributed by atoms with Gasteiger partial charge in [-0.05, 0) is 12.1 Å². The third kappa shape index (κ3) is 3.79. The van der Waals surface area contributed by atoms with Gasteiger partial charge in [-0.15, -0.1) is 0 Å². The molecular weight excluding hydrogens is 160 g/mol. The smallest absolute Gasteiger partial charge is 0.150 e. The molecular formula is C9H11ClO. The summed E-state index contributed by atoms with van der Waals surface area (Å²) < 4.78 is 0. The largest absolute Gasteiger partial charge is 0.298 e. The molecule has 1 aromatic carbocycles. The first-order valence-corrected chi connectivity index (χ1v) is 3.91. The molecule has 11 heavy (non-hydrogen) atoms. The van der Waals surface area contributed by atoms with Gasteiger partial charge in [-0.3, -0.25) is 4.79 Å². The highest BCUT2D eigenvalue weighted by Gasteiger charge is 1.86. The highest BCUT2D eigenvalue weighted by atomic mass is 35.5. The topological polar surface area (TPSA) is 17.1 Å². The van der Waals surface area contributed by atoms with E-state index in [1.54, 1.807) is 24.3 Å². The van der Waals surface area contributed by atoms with Crippen molar-refractivity contribution in [2.45, 2.75) is 13.8 Å². The molecule has 0 aliphatic rings. The second kappa shape index (κ2) is 5.93. The second-order valence-electron chi connectivity index (χ2n) is 1.67. The van der Waals surface area contributed by atoms with Crippen molar-refractivity contribution < 1.29 is 4.79 Å². The quantitative estimate of drug-likeness (QED) is 0.592. The average Bonchev–Trinajstić information content (AvgIpc) is 2.10. The Hall–Kier alpha value is -0.820. The van der Waals surface area contributed by atoms with Gasteiger partial charge in [-0.25, -0.2) is 0 Å². The van der Waals surface area contributed by atoms with Crippen LogP contribution in [0.2, 0.25) is 5.02 Å². The van der Waals surface area contributed by atoms with Gasteiger partial charge in [0.1, 0.15) is 6.29 Å². The van der Waals surface area contributed by atoms with Crippen LogP contribution in [0.15, 0.2) is 24.3 Å². The Morgan fingerprint density at radius 3 is 2.00 bits per heavy atom. The summed E-state index contributed by atoms with van der Waals surface area (Å²) in [4.78, 5) is 10.1. The summed E-state index contributed by atoms with van der Waals surface area (Å²) in [5, 5.41) is 0.653. The number of hydrogen-bond acceptors (Lipinski definition) is 1. The maximum atomic E-state index is 10.1. The molecule has 0 amide bonds. The molecule has 0 aliphatic carbocycles. The van der Waals surface area contributed by atoms with Crippen LogP contribution in [0.5, 0.6) is 0 Å². The predicted octanol–water partition coefficient (Wildman–Crippen LogP) is 3.18. The van der Waals surface area contributed by atoms with E-state index in [1.165, 1.54) is 0 Å². The Kier molecular flexibility index (Phi) is 5.49. The summed E-state index contributed by atoms with van der Waals surface area (Å²) in [5.74, 6) is 0. The van der Waals surface area contributed by atoms with Crippen molar-refractivity contribution in [2.24, 2.45) is 0 Å². The zero-order chi connectivity index (χ0) is 8.69. The molecule has 0 atom stereocenters. The zero-order valence-corrected chi connectivity index (χ0v) is 7.43. The predicted molar refractivity (Wildman–Crippen MR) is 48.2 cm³/mol. The summed E-state index contributed by atoms with van der Waals surface area (Å²) >= 11 is 5.55. The normalized spacial score (nSPS) is 7.91. The molecule has 0 fully saturated rings. The lowest BCUT2D eigenvalue weighted by Crippen LogP contribution is -1.74. The second-order valence-corrected chi connectivity index (χ2v) is 2.11. The lowest BCUT2D eigenvalue weighted by atomic mass is 10.2. The van der Waals surface area contributed by atoms with Crippen LogP contribution in [0, 0.1) is 0 Å². The number of rotatable bonds is 1. The maximum Gasteiger partial charge on any atom is 0.150 e. The van der Waals surface area contributed by atoms with Crippen molar-refractivity contribution in [1.29, 1.82) is 0 Å². The Bertz CT molecular complexity index is 203. The maximum absolute atomic E-state index is 10.1. The summed E-state index contributed by atoms with van der Waals surface area (Å²) in [6, 6.07) is 6.72. The third-order valence-electron chi connectivity index (χ3n) is 1.01. The van der Waals surface area contributed by atoms with Crippen LogP contribution in [0.25, 0.3) is 0 Å². The number of halogens is 1. The van der Waals surface area contributed by atoms with Gasteiger partial charge in [0.2, 0.25) is 0 Å². The number of benzene rings is 1. The summed E-state index contributed by atoms with van der Waals surface area (Å²) in [7, 11) is 0. The number of hydrogen-bond donors (Lipinski definition) is 0.